The zero-order valence-electron chi connectivity index (χ0n) is 13.3. The fraction of sp³-hybridized carbons (Fsp3) is 0.600. The first-order valence-electron chi connectivity index (χ1n) is 7.09. The van der Waals surface area contributed by atoms with Crippen LogP contribution in [0.4, 0.5) is 0 Å². The predicted octanol–water partition coefficient (Wildman–Crippen LogP) is 2.22. The van der Waals surface area contributed by atoms with E-state index < -0.39 is 16.1 Å². The van der Waals surface area contributed by atoms with E-state index in [1.165, 1.54) is 6.07 Å². The second-order valence-corrected chi connectivity index (χ2v) is 7.41. The van der Waals surface area contributed by atoms with Crippen LogP contribution in [0.3, 0.4) is 0 Å². The van der Waals surface area contributed by atoms with Gasteiger partial charge in [0.15, 0.2) is 0 Å². The van der Waals surface area contributed by atoms with Crippen molar-refractivity contribution in [3.05, 3.63) is 23.8 Å². The molecule has 1 aromatic carbocycles. The molecule has 1 aromatic rings. The Balaban J connectivity index is 2.91. The number of nitrogens with one attached hydrogen (secondary N) is 1. The lowest BCUT2D eigenvalue weighted by Crippen LogP contribution is -2.34. The molecular formula is C15H25NO4S. The number of ether oxygens (including phenoxy) is 1. The average Bonchev–Trinajstić information content (AvgIpc) is 2.29. The number of benzene rings is 1. The molecule has 5 nitrogen and oxygen atoms in total. The van der Waals surface area contributed by atoms with Crippen LogP contribution in [-0.4, -0.2) is 31.8 Å². The molecule has 0 saturated heterocycles. The summed E-state index contributed by atoms with van der Waals surface area (Å²) in [5.74, 6) is 0.681. The van der Waals surface area contributed by atoms with Gasteiger partial charge < -0.3 is 9.84 Å². The second kappa shape index (κ2) is 7.24. The summed E-state index contributed by atoms with van der Waals surface area (Å²) in [6.07, 6.45) is -0.145. The molecule has 2 atom stereocenters. The maximum absolute atomic E-state index is 12.3. The van der Waals surface area contributed by atoms with Gasteiger partial charge in [-0.3, -0.25) is 0 Å². The molecule has 1 rings (SSSR count). The summed E-state index contributed by atoms with van der Waals surface area (Å²) in [7, 11) is -3.59. The van der Waals surface area contributed by atoms with Crippen molar-refractivity contribution in [2.75, 3.05) is 0 Å². The normalized spacial score (nSPS) is 15.0. The summed E-state index contributed by atoms with van der Waals surface area (Å²) in [5.41, 5.74) is 0.773. The highest BCUT2D eigenvalue weighted by Gasteiger charge is 2.19. The van der Waals surface area contributed by atoms with E-state index in [0.29, 0.717) is 12.2 Å². The molecule has 0 aliphatic heterocycles. The third kappa shape index (κ3) is 5.65. The summed E-state index contributed by atoms with van der Waals surface area (Å²) in [5, 5.41) is 9.30. The molecule has 0 aromatic heterocycles. The number of rotatable bonds is 7. The van der Waals surface area contributed by atoms with Crippen molar-refractivity contribution in [1.82, 2.24) is 4.72 Å². The van der Waals surface area contributed by atoms with Crippen molar-refractivity contribution in [2.45, 2.75) is 64.2 Å². The molecule has 0 aliphatic carbocycles. The molecule has 0 saturated carbocycles. The van der Waals surface area contributed by atoms with Crippen LogP contribution >= 0.6 is 0 Å². The Kier molecular flexibility index (Phi) is 6.19. The first kappa shape index (κ1) is 17.9. The fourth-order valence-corrected chi connectivity index (χ4v) is 3.41. The van der Waals surface area contributed by atoms with Gasteiger partial charge in [0.05, 0.1) is 17.1 Å². The third-order valence-corrected chi connectivity index (χ3v) is 4.46. The van der Waals surface area contributed by atoms with Crippen molar-refractivity contribution in [3.8, 4) is 5.75 Å². The van der Waals surface area contributed by atoms with E-state index in [4.69, 9.17) is 4.74 Å². The minimum absolute atomic E-state index is 0.0374. The Morgan fingerprint density at radius 3 is 2.33 bits per heavy atom. The van der Waals surface area contributed by atoms with E-state index in [9.17, 15) is 13.5 Å². The molecule has 0 radical (unpaired) electrons. The maximum Gasteiger partial charge on any atom is 0.240 e. The highest BCUT2D eigenvalue weighted by molar-refractivity contribution is 7.89. The van der Waals surface area contributed by atoms with Gasteiger partial charge in [-0.25, -0.2) is 13.1 Å². The van der Waals surface area contributed by atoms with Crippen LogP contribution in [-0.2, 0) is 10.0 Å². The minimum Gasteiger partial charge on any atom is -0.491 e. The summed E-state index contributed by atoms with van der Waals surface area (Å²) < 4.78 is 32.7. The highest BCUT2D eigenvalue weighted by atomic mass is 32.2. The van der Waals surface area contributed by atoms with Gasteiger partial charge in [-0.15, -0.1) is 0 Å². The predicted molar refractivity (Wildman–Crippen MR) is 83.0 cm³/mol. The van der Waals surface area contributed by atoms with Crippen LogP contribution < -0.4 is 9.46 Å². The summed E-state index contributed by atoms with van der Waals surface area (Å²) >= 11 is 0. The Morgan fingerprint density at radius 2 is 1.86 bits per heavy atom. The van der Waals surface area contributed by atoms with E-state index in [-0.39, 0.29) is 17.0 Å². The van der Waals surface area contributed by atoms with Gasteiger partial charge in [0, 0.05) is 6.04 Å². The van der Waals surface area contributed by atoms with Crippen LogP contribution in [0.15, 0.2) is 23.1 Å². The number of hydrogen-bond donors (Lipinski definition) is 2. The lowest BCUT2D eigenvalue weighted by Gasteiger charge is -2.17. The van der Waals surface area contributed by atoms with Gasteiger partial charge >= 0.3 is 0 Å². The monoisotopic (exact) mass is 315 g/mol. The Bertz CT molecular complexity index is 567. The van der Waals surface area contributed by atoms with E-state index in [0.717, 1.165) is 5.56 Å². The van der Waals surface area contributed by atoms with Gasteiger partial charge in [-0.05, 0) is 64.8 Å². The van der Waals surface area contributed by atoms with Gasteiger partial charge in [0.1, 0.15) is 5.75 Å². The molecule has 0 bridgehead atoms. The Morgan fingerprint density at radius 1 is 1.24 bits per heavy atom. The first-order valence-corrected chi connectivity index (χ1v) is 8.58. The lowest BCUT2D eigenvalue weighted by molar-refractivity contribution is 0.175. The summed E-state index contributed by atoms with van der Waals surface area (Å²) in [6, 6.07) is 4.46. The van der Waals surface area contributed by atoms with Gasteiger partial charge in [0.2, 0.25) is 10.0 Å². The van der Waals surface area contributed by atoms with Crippen LogP contribution in [0.1, 0.15) is 39.7 Å². The van der Waals surface area contributed by atoms with E-state index >= 15 is 0 Å². The summed E-state index contributed by atoms with van der Waals surface area (Å²) in [4.78, 5) is 0.202. The van der Waals surface area contributed by atoms with Crippen LogP contribution in [0, 0.1) is 6.92 Å². The number of aryl methyl sites for hydroxylation is 1. The average molecular weight is 315 g/mol. The van der Waals surface area contributed by atoms with E-state index in [1.54, 1.807) is 26.0 Å². The molecule has 21 heavy (non-hydrogen) atoms. The van der Waals surface area contributed by atoms with Gasteiger partial charge in [-0.2, -0.15) is 0 Å². The first-order chi connectivity index (χ1) is 9.61. The van der Waals surface area contributed by atoms with Gasteiger partial charge in [-0.1, -0.05) is 0 Å². The van der Waals surface area contributed by atoms with Crippen LogP contribution in [0.5, 0.6) is 5.75 Å². The van der Waals surface area contributed by atoms with Crippen LogP contribution in [0.2, 0.25) is 0 Å². The molecule has 120 valence electrons. The largest absolute Gasteiger partial charge is 0.491 e. The van der Waals surface area contributed by atoms with Crippen molar-refractivity contribution < 1.29 is 18.3 Å². The zero-order valence-corrected chi connectivity index (χ0v) is 14.1. The summed E-state index contributed by atoms with van der Waals surface area (Å²) in [6.45, 7) is 9.02. The number of hydrogen-bond acceptors (Lipinski definition) is 4. The van der Waals surface area contributed by atoms with Crippen molar-refractivity contribution in [1.29, 1.82) is 0 Å². The Labute approximate surface area is 127 Å². The second-order valence-electron chi connectivity index (χ2n) is 5.70. The minimum atomic E-state index is -3.59. The smallest absolute Gasteiger partial charge is 0.240 e. The fourth-order valence-electron chi connectivity index (χ4n) is 2.07. The molecule has 0 spiro atoms. The molecule has 6 heteroatoms. The van der Waals surface area contributed by atoms with Crippen LogP contribution in [0.25, 0.3) is 0 Å². The number of aliphatic hydroxyl groups is 1. The lowest BCUT2D eigenvalue weighted by atomic mass is 10.2. The van der Waals surface area contributed by atoms with Crippen molar-refractivity contribution in [2.24, 2.45) is 0 Å². The van der Waals surface area contributed by atoms with E-state index in [1.807, 2.05) is 20.8 Å². The molecule has 0 aliphatic rings. The number of sulfonamides is 1. The molecule has 2 N–H and O–H groups in total. The van der Waals surface area contributed by atoms with E-state index in [2.05, 4.69) is 4.72 Å². The molecule has 0 fully saturated rings. The molecule has 0 heterocycles. The maximum atomic E-state index is 12.3. The highest BCUT2D eigenvalue weighted by Crippen LogP contribution is 2.23. The Hall–Kier alpha value is -1.11. The third-order valence-electron chi connectivity index (χ3n) is 2.87. The van der Waals surface area contributed by atoms with Crippen molar-refractivity contribution >= 4 is 10.0 Å². The van der Waals surface area contributed by atoms with Gasteiger partial charge in [0.25, 0.3) is 0 Å². The topological polar surface area (TPSA) is 75.6 Å². The molecule has 0 amide bonds. The standard InChI is InChI=1S/C15H25NO4S/c1-10(2)20-15-7-6-14(8-11(15)3)21(18,19)16-12(4)9-13(5)17/h6-8,10,12-13,16-17H,9H2,1-5H3. The molecular weight excluding hydrogens is 290 g/mol. The quantitative estimate of drug-likeness (QED) is 0.809. The zero-order chi connectivity index (χ0) is 16.2. The SMILES string of the molecule is Cc1cc(S(=O)(=O)NC(C)CC(C)O)ccc1OC(C)C. The molecule has 2 unspecified atom stereocenters. The van der Waals surface area contributed by atoms with Crippen molar-refractivity contribution in [3.63, 3.8) is 0 Å². The number of aliphatic hydroxyl groups excluding tert-OH is 1.